The van der Waals surface area contributed by atoms with Crippen LogP contribution in [0.4, 0.5) is 4.79 Å². The molecule has 0 radical (unpaired) electrons. The molecule has 0 spiro atoms. The number of halogens is 1. The molecule has 0 saturated carbocycles. The predicted octanol–water partition coefficient (Wildman–Crippen LogP) is 6.38. The topological polar surface area (TPSA) is 71.9 Å². The maximum Gasteiger partial charge on any atom is 0.294 e. The third-order valence-corrected chi connectivity index (χ3v) is 8.21. The van der Waals surface area contributed by atoms with Gasteiger partial charge in [0, 0.05) is 35.2 Å². The standard InChI is InChI=1S/C30H30ClN3O4S/c1-20-16-23(17-27-29(36)33(30(37)39-27)18-28(35)32-14-4-3-5-15-32)21(2)34(20)25-10-12-26(13-11-25)38-19-22-6-8-24(31)9-7-22/h6-13,16-17H,3-5,14-15,18-19H2,1-2H3/b27-17-. The quantitative estimate of drug-likeness (QED) is 0.312. The Hall–Kier alpha value is -3.49. The lowest BCUT2D eigenvalue weighted by Crippen LogP contribution is -2.44. The SMILES string of the molecule is Cc1cc(/C=C2\SC(=O)N(CC(=O)N3CCCCC3)C2=O)c(C)n1-c1ccc(OCc2ccc(Cl)cc2)cc1. The van der Waals surface area contributed by atoms with E-state index in [-0.39, 0.29) is 12.5 Å². The molecule has 1 aromatic heterocycles. The number of hydrogen-bond donors (Lipinski definition) is 0. The molecule has 0 unspecified atom stereocenters. The van der Waals surface area contributed by atoms with Crippen LogP contribution >= 0.6 is 23.4 Å². The number of carbonyl (C=O) groups is 3. The number of aromatic nitrogens is 1. The summed E-state index contributed by atoms with van der Waals surface area (Å²) in [6, 6.07) is 17.4. The molecule has 39 heavy (non-hydrogen) atoms. The second kappa shape index (κ2) is 11.7. The van der Waals surface area contributed by atoms with E-state index in [1.165, 1.54) is 0 Å². The normalized spacial score (nSPS) is 16.8. The van der Waals surface area contributed by atoms with Crippen molar-refractivity contribution in [1.29, 1.82) is 0 Å². The van der Waals surface area contributed by atoms with Crippen molar-refractivity contribution in [2.45, 2.75) is 39.7 Å². The molecule has 0 N–H and O–H groups in total. The number of aryl methyl sites for hydroxylation is 1. The van der Waals surface area contributed by atoms with Gasteiger partial charge in [0.15, 0.2) is 0 Å². The van der Waals surface area contributed by atoms with Crippen LogP contribution in [0.1, 0.15) is 41.8 Å². The van der Waals surface area contributed by atoms with E-state index in [4.69, 9.17) is 16.3 Å². The fourth-order valence-corrected chi connectivity index (χ4v) is 5.88. The van der Waals surface area contributed by atoms with Crippen molar-refractivity contribution in [3.05, 3.63) is 87.0 Å². The third kappa shape index (κ3) is 6.07. The molecule has 3 amide bonds. The summed E-state index contributed by atoms with van der Waals surface area (Å²) in [7, 11) is 0. The molecule has 2 aliphatic rings. The molecule has 2 aromatic carbocycles. The van der Waals surface area contributed by atoms with Gasteiger partial charge in [-0.1, -0.05) is 23.7 Å². The minimum atomic E-state index is -0.414. The van der Waals surface area contributed by atoms with Crippen molar-refractivity contribution < 1.29 is 19.1 Å². The Labute approximate surface area is 237 Å². The Bertz CT molecular complexity index is 1420. The van der Waals surface area contributed by atoms with Crippen molar-refractivity contribution in [3.63, 3.8) is 0 Å². The van der Waals surface area contributed by atoms with Crippen molar-refractivity contribution in [1.82, 2.24) is 14.4 Å². The first-order chi connectivity index (χ1) is 18.8. The maximum atomic E-state index is 13.0. The number of piperidine rings is 1. The average molecular weight is 564 g/mol. The predicted molar refractivity (Wildman–Crippen MR) is 154 cm³/mol. The zero-order chi connectivity index (χ0) is 27.5. The van der Waals surface area contributed by atoms with E-state index in [0.29, 0.717) is 29.6 Å². The van der Waals surface area contributed by atoms with Crippen LogP contribution in [0.25, 0.3) is 11.8 Å². The third-order valence-electron chi connectivity index (χ3n) is 7.05. The van der Waals surface area contributed by atoms with E-state index >= 15 is 0 Å². The summed E-state index contributed by atoms with van der Waals surface area (Å²) in [5, 5.41) is 0.290. The van der Waals surface area contributed by atoms with Gasteiger partial charge in [-0.3, -0.25) is 19.3 Å². The molecule has 3 aromatic rings. The first-order valence-corrected chi connectivity index (χ1v) is 14.2. The van der Waals surface area contributed by atoms with Gasteiger partial charge >= 0.3 is 0 Å². The monoisotopic (exact) mass is 563 g/mol. The number of amides is 3. The molecule has 202 valence electrons. The minimum Gasteiger partial charge on any atom is -0.489 e. The van der Waals surface area contributed by atoms with E-state index in [1.807, 2.05) is 68.4 Å². The summed E-state index contributed by atoms with van der Waals surface area (Å²) >= 11 is 6.83. The van der Waals surface area contributed by atoms with Gasteiger partial charge in [-0.25, -0.2) is 0 Å². The van der Waals surface area contributed by atoms with Crippen molar-refractivity contribution >= 4 is 46.5 Å². The molecule has 2 fully saturated rings. The van der Waals surface area contributed by atoms with Gasteiger partial charge < -0.3 is 14.2 Å². The van der Waals surface area contributed by atoms with Crippen molar-refractivity contribution in [3.8, 4) is 11.4 Å². The van der Waals surface area contributed by atoms with Gasteiger partial charge in [-0.05, 0) is 105 Å². The molecular formula is C30H30ClN3O4S. The van der Waals surface area contributed by atoms with Gasteiger partial charge in [0.25, 0.3) is 11.1 Å². The second-order valence-electron chi connectivity index (χ2n) is 9.78. The fraction of sp³-hybridized carbons (Fsp3) is 0.300. The van der Waals surface area contributed by atoms with Crippen LogP contribution in [0, 0.1) is 13.8 Å². The van der Waals surface area contributed by atoms with Crippen LogP contribution in [0.5, 0.6) is 5.75 Å². The largest absolute Gasteiger partial charge is 0.489 e. The second-order valence-corrected chi connectivity index (χ2v) is 11.2. The van der Waals surface area contributed by atoms with E-state index in [0.717, 1.165) is 69.9 Å². The lowest BCUT2D eigenvalue weighted by molar-refractivity contribution is -0.136. The number of thioether (sulfide) groups is 1. The van der Waals surface area contributed by atoms with Gasteiger partial charge in [0.1, 0.15) is 18.9 Å². The fourth-order valence-electron chi connectivity index (χ4n) is 4.93. The maximum absolute atomic E-state index is 13.0. The molecule has 0 bridgehead atoms. The number of rotatable bonds is 7. The molecule has 3 heterocycles. The number of likely N-dealkylation sites (tertiary alicyclic amines) is 1. The Morgan fingerprint density at radius 1 is 1.00 bits per heavy atom. The van der Waals surface area contributed by atoms with E-state index < -0.39 is 11.1 Å². The highest BCUT2D eigenvalue weighted by Crippen LogP contribution is 2.34. The number of hydrogen-bond acceptors (Lipinski definition) is 5. The van der Waals surface area contributed by atoms with Crippen LogP contribution < -0.4 is 4.74 Å². The number of nitrogens with zero attached hydrogens (tertiary/aromatic N) is 3. The van der Waals surface area contributed by atoms with Gasteiger partial charge in [-0.2, -0.15) is 0 Å². The van der Waals surface area contributed by atoms with Gasteiger partial charge in [0.2, 0.25) is 5.91 Å². The summed E-state index contributed by atoms with van der Waals surface area (Å²) in [6.07, 6.45) is 4.78. The highest BCUT2D eigenvalue weighted by atomic mass is 35.5. The number of ether oxygens (including phenoxy) is 1. The summed E-state index contributed by atoms with van der Waals surface area (Å²) in [5.41, 5.74) is 4.78. The summed E-state index contributed by atoms with van der Waals surface area (Å²) < 4.78 is 8.01. The molecule has 2 saturated heterocycles. The Morgan fingerprint density at radius 3 is 2.38 bits per heavy atom. The van der Waals surface area contributed by atoms with Crippen molar-refractivity contribution in [2.75, 3.05) is 19.6 Å². The van der Waals surface area contributed by atoms with Crippen molar-refractivity contribution in [2.24, 2.45) is 0 Å². The van der Waals surface area contributed by atoms with Crippen LogP contribution in [0.15, 0.2) is 59.5 Å². The van der Waals surface area contributed by atoms with Crippen LogP contribution in [-0.2, 0) is 16.2 Å². The molecule has 5 rings (SSSR count). The number of imide groups is 1. The average Bonchev–Trinajstić information content (AvgIpc) is 3.37. The highest BCUT2D eigenvalue weighted by molar-refractivity contribution is 8.18. The minimum absolute atomic E-state index is 0.169. The first-order valence-electron chi connectivity index (χ1n) is 13.0. The zero-order valence-corrected chi connectivity index (χ0v) is 23.6. The first kappa shape index (κ1) is 27.1. The summed E-state index contributed by atoms with van der Waals surface area (Å²) in [5.74, 6) is 0.170. The molecule has 0 atom stereocenters. The van der Waals surface area contributed by atoms with Crippen LogP contribution in [0.3, 0.4) is 0 Å². The summed E-state index contributed by atoms with van der Waals surface area (Å²) in [6.45, 7) is 5.60. The Balaban J connectivity index is 1.28. The highest BCUT2D eigenvalue weighted by Gasteiger charge is 2.37. The molecule has 9 heteroatoms. The van der Waals surface area contributed by atoms with Crippen LogP contribution in [0.2, 0.25) is 5.02 Å². The van der Waals surface area contributed by atoms with E-state index in [1.54, 1.807) is 11.0 Å². The molecule has 7 nitrogen and oxygen atoms in total. The Kier molecular flexibility index (Phi) is 8.14. The molecular weight excluding hydrogens is 534 g/mol. The van der Waals surface area contributed by atoms with Gasteiger partial charge in [0.05, 0.1) is 4.91 Å². The molecule has 0 aliphatic carbocycles. The smallest absolute Gasteiger partial charge is 0.294 e. The summed E-state index contributed by atoms with van der Waals surface area (Å²) in [4.78, 5) is 41.5. The van der Waals surface area contributed by atoms with E-state index in [2.05, 4.69) is 4.57 Å². The Morgan fingerprint density at radius 2 is 1.69 bits per heavy atom. The van der Waals surface area contributed by atoms with E-state index in [9.17, 15) is 14.4 Å². The zero-order valence-electron chi connectivity index (χ0n) is 22.0. The molecule has 2 aliphatic heterocycles. The number of carbonyl (C=O) groups excluding carboxylic acids is 3. The number of benzene rings is 2. The van der Waals surface area contributed by atoms with Crippen LogP contribution in [-0.4, -0.2) is 51.1 Å². The lowest BCUT2D eigenvalue weighted by Gasteiger charge is -2.27. The lowest BCUT2D eigenvalue weighted by atomic mass is 10.1. The van der Waals surface area contributed by atoms with Gasteiger partial charge in [-0.15, -0.1) is 0 Å².